The molecule has 1 amide bonds. The van der Waals surface area contributed by atoms with Crippen LogP contribution in [0, 0.1) is 35.5 Å². The molecule has 1 aliphatic carbocycles. The molecule has 17 heteroatoms. The molecule has 0 aromatic heterocycles. The number of carbonyl (C=O) groups is 7. The van der Waals surface area contributed by atoms with E-state index >= 15 is 0 Å². The van der Waals surface area contributed by atoms with Crippen LogP contribution < -0.4 is 0 Å². The highest BCUT2D eigenvalue weighted by molar-refractivity contribution is 6.39. The Kier molecular flexibility index (Phi) is 23.7. The molecule has 4 aliphatic rings. The first kappa shape index (κ1) is 60.2. The quantitative estimate of drug-likeness (QED) is 0.119. The van der Waals surface area contributed by atoms with Crippen LogP contribution in [-0.4, -0.2) is 144 Å². The molecule has 72 heavy (non-hydrogen) atoms. The van der Waals surface area contributed by atoms with Gasteiger partial charge in [0, 0.05) is 58.5 Å². The largest absolute Gasteiger partial charge is 0.481 e. The Labute approximate surface area is 426 Å². The monoisotopic (exact) mass is 1010 g/mol. The molecule has 0 radical (unpaired) electrons. The van der Waals surface area contributed by atoms with Crippen molar-refractivity contribution in [1.82, 2.24) is 4.90 Å². The molecule has 3 fully saturated rings. The zero-order valence-corrected chi connectivity index (χ0v) is 44.2. The van der Waals surface area contributed by atoms with Gasteiger partial charge in [-0.05, 0) is 107 Å². The highest BCUT2D eigenvalue weighted by Gasteiger charge is 2.53. The van der Waals surface area contributed by atoms with Crippen LogP contribution in [0.5, 0.6) is 0 Å². The maximum Gasteiger partial charge on any atom is 0.329 e. The minimum atomic E-state index is -2.47. The Hall–Kier alpha value is -4.39. The van der Waals surface area contributed by atoms with Crippen molar-refractivity contribution in [3.63, 3.8) is 0 Å². The van der Waals surface area contributed by atoms with Gasteiger partial charge in [-0.25, -0.2) is 4.79 Å². The van der Waals surface area contributed by atoms with Gasteiger partial charge in [0.05, 0.1) is 31.2 Å². The number of Topliss-reactive ketones (excluding diaryl/α,β-unsaturated/α-hetero) is 3. The third kappa shape index (κ3) is 16.6. The molecule has 3 aliphatic heterocycles. The number of esters is 2. The Morgan fingerprint density at radius 3 is 2.24 bits per heavy atom. The van der Waals surface area contributed by atoms with E-state index < -0.39 is 108 Å². The number of amides is 1. The molecule has 15 atom stereocenters. The van der Waals surface area contributed by atoms with Crippen molar-refractivity contribution in [2.45, 2.75) is 193 Å². The van der Waals surface area contributed by atoms with Crippen LogP contribution in [0.15, 0.2) is 47.6 Å². The average molecular weight is 1010 g/mol. The summed E-state index contributed by atoms with van der Waals surface area (Å²) in [6, 6.07) is -1.20. The third-order valence-electron chi connectivity index (χ3n) is 15.3. The van der Waals surface area contributed by atoms with Gasteiger partial charge in [0.1, 0.15) is 36.2 Å². The van der Waals surface area contributed by atoms with E-state index in [-0.39, 0.29) is 55.6 Å². The summed E-state index contributed by atoms with van der Waals surface area (Å²) in [7, 11) is 4.43. The number of carbonyl (C=O) groups excluding carboxylic acids is 6. The Morgan fingerprint density at radius 2 is 1.57 bits per heavy atom. The van der Waals surface area contributed by atoms with Gasteiger partial charge in [0.2, 0.25) is 5.79 Å². The molecule has 404 valence electrons. The smallest absolute Gasteiger partial charge is 0.329 e. The minimum Gasteiger partial charge on any atom is -0.481 e. The molecule has 2 saturated heterocycles. The molecule has 0 aromatic carbocycles. The number of methoxy groups -OCH3 is 3. The van der Waals surface area contributed by atoms with E-state index in [0.29, 0.717) is 69.8 Å². The predicted molar refractivity (Wildman–Crippen MR) is 266 cm³/mol. The number of aliphatic hydroxyl groups excluding tert-OH is 1. The maximum absolute atomic E-state index is 14.5. The second kappa shape index (κ2) is 28.3. The summed E-state index contributed by atoms with van der Waals surface area (Å²) in [6.45, 7) is 12.5. The first-order valence-corrected chi connectivity index (χ1v) is 25.9. The zero-order valence-electron chi connectivity index (χ0n) is 44.2. The van der Waals surface area contributed by atoms with E-state index in [9.17, 15) is 43.8 Å². The maximum atomic E-state index is 14.5. The number of aliphatic hydroxyl groups is 2. The van der Waals surface area contributed by atoms with Gasteiger partial charge in [-0.1, -0.05) is 71.1 Å². The molecule has 3 N–H and O–H groups in total. The van der Waals surface area contributed by atoms with E-state index in [1.54, 1.807) is 40.9 Å². The molecule has 0 spiro atoms. The molecule has 0 unspecified atom stereocenters. The fourth-order valence-electron chi connectivity index (χ4n) is 10.7. The van der Waals surface area contributed by atoms with E-state index in [2.05, 4.69) is 0 Å². The molecule has 17 nitrogen and oxygen atoms in total. The number of carboxylic acid groups (broad SMARTS) is 1. The lowest BCUT2D eigenvalue weighted by Crippen LogP contribution is -2.61. The summed E-state index contributed by atoms with van der Waals surface area (Å²) in [6.07, 6.45) is 9.31. The van der Waals surface area contributed by atoms with Gasteiger partial charge in [0.15, 0.2) is 5.78 Å². The fraction of sp³-hybridized carbons (Fsp3) is 0.727. The van der Waals surface area contributed by atoms with Gasteiger partial charge in [0.25, 0.3) is 11.7 Å². The Morgan fingerprint density at radius 1 is 0.847 bits per heavy atom. The number of aliphatic carboxylic acids is 1. The van der Waals surface area contributed by atoms with Crippen molar-refractivity contribution in [2.24, 2.45) is 35.5 Å². The first-order chi connectivity index (χ1) is 34.0. The van der Waals surface area contributed by atoms with Crippen LogP contribution in [0.2, 0.25) is 0 Å². The normalized spacial score (nSPS) is 37.5. The van der Waals surface area contributed by atoms with Crippen molar-refractivity contribution in [3.8, 4) is 0 Å². The number of carboxylic acids is 1. The summed E-state index contributed by atoms with van der Waals surface area (Å²) >= 11 is 0. The van der Waals surface area contributed by atoms with Gasteiger partial charge in [-0.3, -0.25) is 28.8 Å². The molecule has 0 aromatic rings. The van der Waals surface area contributed by atoms with Crippen LogP contribution in [0.1, 0.15) is 138 Å². The zero-order chi connectivity index (χ0) is 53.4. The molecular formula is C55H83NO16. The molecule has 1 saturated carbocycles. The lowest BCUT2D eigenvalue weighted by Gasteiger charge is -2.42. The van der Waals surface area contributed by atoms with Crippen LogP contribution >= 0.6 is 0 Å². The Balaban J connectivity index is 1.68. The molecule has 2 bridgehead atoms. The fourth-order valence-corrected chi connectivity index (χ4v) is 10.7. The number of ketones is 3. The lowest BCUT2D eigenvalue weighted by molar-refractivity contribution is -0.265. The van der Waals surface area contributed by atoms with Crippen molar-refractivity contribution in [3.05, 3.63) is 47.6 Å². The number of nitrogens with zero attached hydrogens (tertiary/aromatic N) is 1. The number of allylic oxidation sites excluding steroid dienone is 6. The topological polar surface area (TPSA) is 239 Å². The summed E-state index contributed by atoms with van der Waals surface area (Å²) < 4.78 is 35.2. The summed E-state index contributed by atoms with van der Waals surface area (Å²) in [5, 5.41) is 32.5. The number of cyclic esters (lactones) is 1. The van der Waals surface area contributed by atoms with E-state index in [4.69, 9.17) is 33.5 Å². The molecular weight excluding hydrogens is 931 g/mol. The SMILES string of the molecule is CO[C@H]1C[C@@H]2CC[C@@H](C)[C@@](O)(O2)C(=O)C(=O)N2CCCC[C@H]2C(=O)O[C@H]([C@H](C)C[C@@H]2CC[C@@H](OC(=O)CCC(=O)O)[C@H](OC)C2)CC(=O)[C@H](C)/C=C(\C)[C@@H](O)[C@@H](OC)C(=O)[C@H](C)C[C@H](C)\C=C/C=C/C=C/1C. The number of hydrogen-bond donors (Lipinski definition) is 3. The van der Waals surface area contributed by atoms with E-state index in [1.165, 1.54) is 14.2 Å². The summed E-state index contributed by atoms with van der Waals surface area (Å²) in [4.78, 5) is 95.8. The van der Waals surface area contributed by atoms with E-state index in [1.807, 2.05) is 51.2 Å². The summed E-state index contributed by atoms with van der Waals surface area (Å²) in [5.74, 6) is -10.3. The average Bonchev–Trinajstić information content (AvgIpc) is 3.35. The first-order valence-electron chi connectivity index (χ1n) is 25.9. The van der Waals surface area contributed by atoms with Crippen molar-refractivity contribution < 1.29 is 77.3 Å². The van der Waals surface area contributed by atoms with Gasteiger partial charge < -0.3 is 48.6 Å². The van der Waals surface area contributed by atoms with Gasteiger partial charge in [-0.2, -0.15) is 0 Å². The highest BCUT2D eigenvalue weighted by atomic mass is 16.6. The van der Waals surface area contributed by atoms with Gasteiger partial charge >= 0.3 is 17.9 Å². The summed E-state index contributed by atoms with van der Waals surface area (Å²) in [5.41, 5.74) is 1.21. The Bertz CT molecular complexity index is 2010. The number of hydrogen-bond acceptors (Lipinski definition) is 15. The molecule has 4 rings (SSSR count). The second-order valence-corrected chi connectivity index (χ2v) is 20.9. The van der Waals surface area contributed by atoms with Gasteiger partial charge in [-0.15, -0.1) is 0 Å². The number of ether oxygens (including phenoxy) is 6. The molecule has 3 heterocycles. The standard InChI is InChI=1S/C55H83NO16/c1-32-16-12-11-13-17-33(2)44(67-8)30-40-21-19-38(7)55(66,72-40)52(63)53(64)56-25-15-14-18-41(56)54(65)71-45(31-42(57)34(3)27-37(6)50(62)51(69-10)49(61)36(5)26-32)35(4)28-39-20-22-43(46(29-39)68-9)70-48(60)24-23-47(58)59/h11-13,16-17,27,32,34-36,38-41,43-46,50-51,62,66H,14-15,18-26,28-31H2,1-10H3,(H,58,59)/b13-11+,16-12-,33-17+,37-27+/t32-,34-,35-,36-,38-,39+,40+,41+,43-,44+,45+,46-,50-,51+,55-/m1/s1. The number of rotatable bonds is 10. The van der Waals surface area contributed by atoms with Crippen LogP contribution in [-0.2, 0) is 62.0 Å². The van der Waals surface area contributed by atoms with Crippen LogP contribution in [0.4, 0.5) is 0 Å². The highest BCUT2D eigenvalue weighted by Crippen LogP contribution is 2.38. The van der Waals surface area contributed by atoms with Crippen molar-refractivity contribution >= 4 is 41.2 Å². The van der Waals surface area contributed by atoms with E-state index in [0.717, 1.165) is 10.5 Å². The second-order valence-electron chi connectivity index (χ2n) is 20.9. The van der Waals surface area contributed by atoms with Crippen molar-refractivity contribution in [1.29, 1.82) is 0 Å². The number of fused-ring (bicyclic) bond motifs is 3. The van der Waals surface area contributed by atoms with Crippen LogP contribution in [0.3, 0.4) is 0 Å². The number of piperidine rings is 1. The van der Waals surface area contributed by atoms with Crippen molar-refractivity contribution in [2.75, 3.05) is 27.9 Å². The lowest BCUT2D eigenvalue weighted by atomic mass is 9.78. The third-order valence-corrected chi connectivity index (χ3v) is 15.3. The minimum absolute atomic E-state index is 0.00674. The van der Waals surface area contributed by atoms with Crippen LogP contribution in [0.25, 0.3) is 0 Å². The predicted octanol–water partition coefficient (Wildman–Crippen LogP) is 6.60.